The summed E-state index contributed by atoms with van der Waals surface area (Å²) in [6.07, 6.45) is 4.08. The highest BCUT2D eigenvalue weighted by Gasteiger charge is 2.22. The summed E-state index contributed by atoms with van der Waals surface area (Å²) in [4.78, 5) is 15.3. The minimum absolute atomic E-state index is 0.0660. The molecule has 1 N–H and O–H groups in total. The topological polar surface area (TPSA) is 42.0 Å². The van der Waals surface area contributed by atoms with E-state index in [0.717, 1.165) is 5.82 Å². The molecule has 68 valence electrons. The second-order valence-electron chi connectivity index (χ2n) is 3.37. The summed E-state index contributed by atoms with van der Waals surface area (Å²) < 4.78 is 0. The summed E-state index contributed by atoms with van der Waals surface area (Å²) in [6.45, 7) is 1.56. The zero-order valence-electron chi connectivity index (χ0n) is 7.58. The highest BCUT2D eigenvalue weighted by atomic mass is 16.1. The van der Waals surface area contributed by atoms with Gasteiger partial charge in [-0.05, 0) is 31.9 Å². The van der Waals surface area contributed by atoms with Crippen LogP contribution in [-0.2, 0) is 0 Å². The second-order valence-corrected chi connectivity index (χ2v) is 3.37. The van der Waals surface area contributed by atoms with Crippen LogP contribution in [-0.4, -0.2) is 16.8 Å². The number of aromatic nitrogens is 1. The van der Waals surface area contributed by atoms with E-state index in [1.54, 1.807) is 25.3 Å². The molecule has 0 bridgehead atoms. The van der Waals surface area contributed by atoms with Crippen LogP contribution in [0.1, 0.15) is 30.1 Å². The van der Waals surface area contributed by atoms with Crippen molar-refractivity contribution in [2.75, 3.05) is 5.32 Å². The number of pyridine rings is 1. The van der Waals surface area contributed by atoms with Gasteiger partial charge in [-0.2, -0.15) is 0 Å². The van der Waals surface area contributed by atoms with E-state index in [4.69, 9.17) is 0 Å². The van der Waals surface area contributed by atoms with E-state index in [2.05, 4.69) is 10.3 Å². The van der Waals surface area contributed by atoms with Crippen LogP contribution in [0.3, 0.4) is 0 Å². The molecule has 0 aliphatic heterocycles. The van der Waals surface area contributed by atoms with Crippen LogP contribution in [0.2, 0.25) is 0 Å². The largest absolute Gasteiger partial charge is 0.367 e. The molecule has 0 saturated heterocycles. The van der Waals surface area contributed by atoms with Crippen molar-refractivity contribution in [2.24, 2.45) is 0 Å². The lowest BCUT2D eigenvalue weighted by Crippen LogP contribution is -2.08. The first-order valence-electron chi connectivity index (χ1n) is 4.50. The number of carbonyl (C=O) groups is 1. The van der Waals surface area contributed by atoms with E-state index in [1.165, 1.54) is 12.8 Å². The minimum Gasteiger partial charge on any atom is -0.367 e. The standard InChI is InChI=1S/C10H12N2O/c1-7(13)9-3-2-6-11-10(9)12-8-4-5-8/h2-3,6,8H,4-5H2,1H3,(H,11,12). The molecule has 2 rings (SSSR count). The van der Waals surface area contributed by atoms with Gasteiger partial charge >= 0.3 is 0 Å². The van der Waals surface area contributed by atoms with Gasteiger partial charge in [-0.25, -0.2) is 4.98 Å². The van der Waals surface area contributed by atoms with E-state index in [-0.39, 0.29) is 5.78 Å². The van der Waals surface area contributed by atoms with Crippen molar-refractivity contribution in [3.63, 3.8) is 0 Å². The molecule has 0 amide bonds. The molecule has 13 heavy (non-hydrogen) atoms. The molecule has 1 aromatic rings. The maximum absolute atomic E-state index is 11.2. The summed E-state index contributed by atoms with van der Waals surface area (Å²) >= 11 is 0. The quantitative estimate of drug-likeness (QED) is 0.715. The Morgan fingerprint density at radius 2 is 2.38 bits per heavy atom. The molecule has 0 aromatic carbocycles. The van der Waals surface area contributed by atoms with Crippen LogP contribution in [0.25, 0.3) is 0 Å². The van der Waals surface area contributed by atoms with Gasteiger partial charge in [-0.1, -0.05) is 0 Å². The fraction of sp³-hybridized carbons (Fsp3) is 0.400. The first-order chi connectivity index (χ1) is 6.27. The van der Waals surface area contributed by atoms with E-state index in [0.29, 0.717) is 11.6 Å². The van der Waals surface area contributed by atoms with Crippen molar-refractivity contribution >= 4 is 11.6 Å². The van der Waals surface area contributed by atoms with Crippen molar-refractivity contribution in [2.45, 2.75) is 25.8 Å². The van der Waals surface area contributed by atoms with Crippen LogP contribution in [0.5, 0.6) is 0 Å². The molecular weight excluding hydrogens is 164 g/mol. The molecular formula is C10H12N2O. The molecule has 1 saturated carbocycles. The van der Waals surface area contributed by atoms with Gasteiger partial charge < -0.3 is 5.32 Å². The zero-order chi connectivity index (χ0) is 9.26. The van der Waals surface area contributed by atoms with Gasteiger partial charge in [0.15, 0.2) is 5.78 Å². The van der Waals surface area contributed by atoms with E-state index < -0.39 is 0 Å². The lowest BCUT2D eigenvalue weighted by Gasteiger charge is -2.06. The van der Waals surface area contributed by atoms with Crippen molar-refractivity contribution < 1.29 is 4.79 Å². The number of carbonyl (C=O) groups excluding carboxylic acids is 1. The fourth-order valence-electron chi connectivity index (χ4n) is 1.23. The minimum atomic E-state index is 0.0660. The fourth-order valence-corrected chi connectivity index (χ4v) is 1.23. The maximum Gasteiger partial charge on any atom is 0.163 e. The molecule has 0 spiro atoms. The molecule has 3 heteroatoms. The molecule has 1 fully saturated rings. The number of nitrogens with one attached hydrogen (secondary N) is 1. The van der Waals surface area contributed by atoms with Crippen LogP contribution in [0.15, 0.2) is 18.3 Å². The SMILES string of the molecule is CC(=O)c1cccnc1NC1CC1. The number of nitrogens with zero attached hydrogens (tertiary/aromatic N) is 1. The zero-order valence-corrected chi connectivity index (χ0v) is 7.58. The molecule has 1 aliphatic carbocycles. The normalized spacial score (nSPS) is 15.5. The van der Waals surface area contributed by atoms with Crippen LogP contribution < -0.4 is 5.32 Å². The first kappa shape index (κ1) is 8.23. The van der Waals surface area contributed by atoms with Crippen molar-refractivity contribution in [1.82, 2.24) is 4.98 Å². The number of hydrogen-bond donors (Lipinski definition) is 1. The van der Waals surface area contributed by atoms with Gasteiger partial charge in [0.05, 0.1) is 5.56 Å². The summed E-state index contributed by atoms with van der Waals surface area (Å²) in [5, 5.41) is 3.23. The van der Waals surface area contributed by atoms with Gasteiger partial charge in [0.25, 0.3) is 0 Å². The third kappa shape index (κ3) is 1.86. The van der Waals surface area contributed by atoms with Crippen molar-refractivity contribution in [3.05, 3.63) is 23.9 Å². The highest BCUT2D eigenvalue weighted by molar-refractivity contribution is 5.98. The lowest BCUT2D eigenvalue weighted by molar-refractivity contribution is 0.101. The lowest BCUT2D eigenvalue weighted by atomic mass is 10.2. The maximum atomic E-state index is 11.2. The summed E-state index contributed by atoms with van der Waals surface area (Å²) in [5.41, 5.74) is 0.689. The Balaban J connectivity index is 2.25. The number of ketones is 1. The molecule has 0 atom stereocenters. The average Bonchev–Trinajstić information content (AvgIpc) is 2.89. The molecule has 1 aliphatic rings. The Labute approximate surface area is 77.2 Å². The van der Waals surface area contributed by atoms with Crippen molar-refractivity contribution in [3.8, 4) is 0 Å². The third-order valence-electron chi connectivity index (χ3n) is 2.11. The molecule has 0 unspecified atom stereocenters. The Kier molecular flexibility index (Phi) is 2.00. The van der Waals surface area contributed by atoms with Gasteiger partial charge in [-0.15, -0.1) is 0 Å². The second kappa shape index (κ2) is 3.17. The summed E-state index contributed by atoms with van der Waals surface area (Å²) in [6, 6.07) is 4.13. The van der Waals surface area contributed by atoms with E-state index in [1.807, 2.05) is 0 Å². The highest BCUT2D eigenvalue weighted by Crippen LogP contribution is 2.25. The molecule has 1 heterocycles. The summed E-state index contributed by atoms with van der Waals surface area (Å²) in [7, 11) is 0. The van der Waals surface area contributed by atoms with E-state index in [9.17, 15) is 4.79 Å². The Morgan fingerprint density at radius 3 is 3.00 bits per heavy atom. The van der Waals surface area contributed by atoms with Gasteiger partial charge in [0.1, 0.15) is 5.82 Å². The first-order valence-corrected chi connectivity index (χ1v) is 4.50. The van der Waals surface area contributed by atoms with Gasteiger partial charge in [0.2, 0.25) is 0 Å². The monoisotopic (exact) mass is 176 g/mol. The van der Waals surface area contributed by atoms with Gasteiger partial charge in [-0.3, -0.25) is 4.79 Å². The smallest absolute Gasteiger partial charge is 0.163 e. The van der Waals surface area contributed by atoms with Crippen molar-refractivity contribution in [1.29, 1.82) is 0 Å². The third-order valence-corrected chi connectivity index (χ3v) is 2.11. The predicted octanol–water partition coefficient (Wildman–Crippen LogP) is 1.86. The van der Waals surface area contributed by atoms with E-state index >= 15 is 0 Å². The van der Waals surface area contributed by atoms with Gasteiger partial charge in [0, 0.05) is 12.2 Å². The molecule has 1 aromatic heterocycles. The molecule has 0 radical (unpaired) electrons. The Hall–Kier alpha value is -1.38. The number of Topliss-reactive ketones (excluding diaryl/α,β-unsaturated/α-hetero) is 1. The van der Waals surface area contributed by atoms with Crippen LogP contribution in [0, 0.1) is 0 Å². The number of anilines is 1. The number of rotatable bonds is 3. The van der Waals surface area contributed by atoms with Crippen LogP contribution >= 0.6 is 0 Å². The summed E-state index contributed by atoms with van der Waals surface area (Å²) in [5.74, 6) is 0.800. The average molecular weight is 176 g/mol. The number of hydrogen-bond acceptors (Lipinski definition) is 3. The molecule has 3 nitrogen and oxygen atoms in total. The van der Waals surface area contributed by atoms with Crippen LogP contribution in [0.4, 0.5) is 5.82 Å². The Bertz CT molecular complexity index is 331. The predicted molar refractivity (Wildman–Crippen MR) is 50.9 cm³/mol. The Morgan fingerprint density at radius 1 is 1.62 bits per heavy atom.